The number of anilines is 2. The van der Waals surface area contributed by atoms with Crippen molar-refractivity contribution in [2.75, 3.05) is 36.4 Å². The van der Waals surface area contributed by atoms with Gasteiger partial charge in [-0.25, -0.2) is 4.39 Å². The highest BCUT2D eigenvalue weighted by molar-refractivity contribution is 5.97. The van der Waals surface area contributed by atoms with Crippen LogP contribution in [0.5, 0.6) is 0 Å². The lowest BCUT2D eigenvalue weighted by molar-refractivity contribution is -0.914. The molecule has 4 rings (SSSR count). The summed E-state index contributed by atoms with van der Waals surface area (Å²) in [5.41, 5.74) is 3.98. The number of nitrogens with one attached hydrogen (secondary N) is 2. The van der Waals surface area contributed by atoms with Crippen LogP contribution in [0.2, 0.25) is 0 Å². The number of hydrogen-bond acceptors (Lipinski definition) is 2. The third-order valence-electron chi connectivity index (χ3n) is 5.87. The van der Waals surface area contributed by atoms with Crippen molar-refractivity contribution < 1.29 is 14.1 Å². The number of benzene rings is 3. The van der Waals surface area contributed by atoms with E-state index < -0.39 is 0 Å². The van der Waals surface area contributed by atoms with E-state index in [0.717, 1.165) is 48.7 Å². The average Bonchev–Trinajstić information content (AvgIpc) is 2.80. The highest BCUT2D eigenvalue weighted by Crippen LogP contribution is 2.27. The summed E-state index contributed by atoms with van der Waals surface area (Å²) in [5.74, 6) is -0.187. The molecule has 1 fully saturated rings. The Morgan fingerprint density at radius 1 is 0.933 bits per heavy atom. The number of carbonyl (C=O) groups is 1. The molecule has 1 amide bonds. The maximum absolute atomic E-state index is 13.2. The van der Waals surface area contributed by atoms with E-state index in [1.165, 1.54) is 17.0 Å². The number of rotatable bonds is 5. The molecule has 4 nitrogen and oxygen atoms in total. The molecular formula is C25H27FN3O+. The number of amides is 1. The molecule has 0 aromatic heterocycles. The van der Waals surface area contributed by atoms with Crippen LogP contribution < -0.4 is 15.1 Å². The van der Waals surface area contributed by atoms with E-state index in [9.17, 15) is 9.18 Å². The number of carbonyl (C=O) groups excluding carboxylic acids is 1. The van der Waals surface area contributed by atoms with E-state index in [2.05, 4.69) is 10.2 Å². The Morgan fingerprint density at radius 2 is 1.57 bits per heavy atom. The number of para-hydroxylation sites is 1. The van der Waals surface area contributed by atoms with Crippen LogP contribution >= 0.6 is 0 Å². The van der Waals surface area contributed by atoms with Gasteiger partial charge in [0.05, 0.1) is 26.2 Å². The first-order chi connectivity index (χ1) is 14.6. The average molecular weight is 405 g/mol. The second kappa shape index (κ2) is 9.09. The van der Waals surface area contributed by atoms with E-state index in [0.29, 0.717) is 0 Å². The lowest BCUT2D eigenvalue weighted by atomic mass is 10.0. The molecule has 154 valence electrons. The molecule has 1 saturated heterocycles. The smallest absolute Gasteiger partial charge is 0.282 e. The minimum atomic E-state index is -0.218. The number of halogens is 1. The van der Waals surface area contributed by atoms with E-state index in [1.807, 2.05) is 73.7 Å². The van der Waals surface area contributed by atoms with E-state index in [4.69, 9.17) is 0 Å². The molecule has 3 aromatic carbocycles. The molecule has 0 unspecified atom stereocenters. The predicted molar refractivity (Wildman–Crippen MR) is 119 cm³/mol. The van der Waals surface area contributed by atoms with Gasteiger partial charge in [-0.15, -0.1) is 0 Å². The van der Waals surface area contributed by atoms with Crippen LogP contribution in [0, 0.1) is 5.82 Å². The summed E-state index contributed by atoms with van der Waals surface area (Å²) in [6, 6.07) is 24.5. The van der Waals surface area contributed by atoms with Gasteiger partial charge in [0, 0.05) is 16.9 Å². The Morgan fingerprint density at radius 3 is 2.27 bits per heavy atom. The molecule has 1 atom stereocenters. The van der Waals surface area contributed by atoms with Crippen molar-refractivity contribution in [3.63, 3.8) is 0 Å². The lowest BCUT2D eigenvalue weighted by Crippen LogP contribution is -3.19. The third kappa shape index (κ3) is 4.52. The minimum Gasteiger partial charge on any atom is -0.360 e. The Bertz CT molecular complexity index is 983. The van der Waals surface area contributed by atoms with Gasteiger partial charge in [0.15, 0.2) is 6.04 Å². The second-order valence-electron chi connectivity index (χ2n) is 7.74. The summed E-state index contributed by atoms with van der Waals surface area (Å²) in [6.07, 6.45) is 0. The van der Waals surface area contributed by atoms with Crippen molar-refractivity contribution >= 4 is 17.3 Å². The van der Waals surface area contributed by atoms with Crippen LogP contribution in [0.15, 0.2) is 78.9 Å². The fraction of sp³-hybridized carbons (Fsp3) is 0.240. The topological polar surface area (TPSA) is 36.8 Å². The van der Waals surface area contributed by atoms with Gasteiger partial charge in [-0.05, 0) is 42.8 Å². The number of quaternary nitrogens is 1. The van der Waals surface area contributed by atoms with Crippen molar-refractivity contribution in [2.45, 2.75) is 13.0 Å². The normalized spacial score (nSPS) is 15.6. The zero-order valence-electron chi connectivity index (χ0n) is 17.1. The quantitative estimate of drug-likeness (QED) is 0.685. The minimum absolute atomic E-state index is 0.0311. The number of nitrogens with zero attached hydrogens (tertiary/aromatic N) is 1. The lowest BCUT2D eigenvalue weighted by Gasteiger charge is -2.36. The predicted octanol–water partition coefficient (Wildman–Crippen LogP) is 3.22. The van der Waals surface area contributed by atoms with Crippen LogP contribution in [0.3, 0.4) is 0 Å². The first-order valence-electron chi connectivity index (χ1n) is 10.4. The fourth-order valence-electron chi connectivity index (χ4n) is 4.02. The maximum Gasteiger partial charge on any atom is 0.282 e. The van der Waals surface area contributed by atoms with Crippen molar-refractivity contribution in [2.24, 2.45) is 0 Å². The molecule has 0 radical (unpaired) electrons. The van der Waals surface area contributed by atoms with Gasteiger partial charge in [-0.3, -0.25) is 4.79 Å². The standard InChI is InChI=1S/C25H26FN3O/c1-19(28-15-17-29(18-16-28)22-13-11-21(26)12-14-22)25(30)27-24-10-6-5-9-23(24)20-7-3-2-4-8-20/h2-14,19H,15-18H2,1H3,(H,27,30)/p+1/t19-/m1/s1. The molecular weight excluding hydrogens is 377 g/mol. The monoisotopic (exact) mass is 404 g/mol. The van der Waals surface area contributed by atoms with Gasteiger partial charge >= 0.3 is 0 Å². The molecule has 0 saturated carbocycles. The zero-order valence-corrected chi connectivity index (χ0v) is 17.1. The first-order valence-corrected chi connectivity index (χ1v) is 10.4. The zero-order chi connectivity index (χ0) is 20.9. The number of hydrogen-bond donors (Lipinski definition) is 2. The third-order valence-corrected chi connectivity index (χ3v) is 5.87. The van der Waals surface area contributed by atoms with Gasteiger partial charge < -0.3 is 15.1 Å². The van der Waals surface area contributed by atoms with Crippen molar-refractivity contribution in [1.29, 1.82) is 0 Å². The molecule has 1 aliphatic heterocycles. The summed E-state index contributed by atoms with van der Waals surface area (Å²) in [5, 5.41) is 3.14. The highest BCUT2D eigenvalue weighted by Gasteiger charge is 2.29. The van der Waals surface area contributed by atoms with Crippen molar-refractivity contribution in [1.82, 2.24) is 0 Å². The molecule has 0 aliphatic carbocycles. The van der Waals surface area contributed by atoms with E-state index in [1.54, 1.807) is 0 Å². The summed E-state index contributed by atoms with van der Waals surface area (Å²) in [6.45, 7) is 5.42. The molecule has 0 bridgehead atoms. The van der Waals surface area contributed by atoms with Crippen molar-refractivity contribution in [3.8, 4) is 11.1 Å². The van der Waals surface area contributed by atoms with Gasteiger partial charge in [0.25, 0.3) is 5.91 Å². The molecule has 5 heteroatoms. The molecule has 30 heavy (non-hydrogen) atoms. The highest BCUT2D eigenvalue weighted by atomic mass is 19.1. The molecule has 3 aromatic rings. The molecule has 1 heterocycles. The number of piperazine rings is 1. The SMILES string of the molecule is C[C@H](C(=O)Nc1ccccc1-c1ccccc1)[NH+]1CCN(c2ccc(F)cc2)CC1. The summed E-state index contributed by atoms with van der Waals surface area (Å²) in [4.78, 5) is 16.5. The first kappa shape index (κ1) is 20.1. The Labute approximate surface area is 176 Å². The van der Waals surface area contributed by atoms with E-state index in [-0.39, 0.29) is 17.8 Å². The van der Waals surface area contributed by atoms with Crippen LogP contribution in [0.25, 0.3) is 11.1 Å². The van der Waals surface area contributed by atoms with Crippen LogP contribution in [0.4, 0.5) is 15.8 Å². The largest absolute Gasteiger partial charge is 0.360 e. The van der Waals surface area contributed by atoms with Gasteiger partial charge in [-0.1, -0.05) is 48.5 Å². The second-order valence-corrected chi connectivity index (χ2v) is 7.74. The summed E-state index contributed by atoms with van der Waals surface area (Å²) < 4.78 is 13.2. The van der Waals surface area contributed by atoms with Crippen molar-refractivity contribution in [3.05, 3.63) is 84.7 Å². The van der Waals surface area contributed by atoms with Gasteiger partial charge in [0.2, 0.25) is 0 Å². The van der Waals surface area contributed by atoms with Crippen LogP contribution in [0.1, 0.15) is 6.92 Å². The maximum atomic E-state index is 13.2. The van der Waals surface area contributed by atoms with Crippen LogP contribution in [-0.2, 0) is 4.79 Å². The van der Waals surface area contributed by atoms with E-state index >= 15 is 0 Å². The molecule has 0 spiro atoms. The Kier molecular flexibility index (Phi) is 6.10. The summed E-state index contributed by atoms with van der Waals surface area (Å²) in [7, 11) is 0. The fourth-order valence-corrected chi connectivity index (χ4v) is 4.02. The van der Waals surface area contributed by atoms with Gasteiger partial charge in [0.1, 0.15) is 5.82 Å². The molecule has 2 N–H and O–H groups in total. The Balaban J connectivity index is 1.39. The van der Waals surface area contributed by atoms with Crippen LogP contribution in [-0.4, -0.2) is 38.1 Å². The summed E-state index contributed by atoms with van der Waals surface area (Å²) >= 11 is 0. The molecule has 1 aliphatic rings. The Hall–Kier alpha value is -3.18. The van der Waals surface area contributed by atoms with Gasteiger partial charge in [-0.2, -0.15) is 0 Å².